The second kappa shape index (κ2) is 9.23. The van der Waals surface area contributed by atoms with Crippen molar-refractivity contribution >= 4 is 23.1 Å². The fourth-order valence-electron chi connectivity index (χ4n) is 2.82. The van der Waals surface area contributed by atoms with Crippen molar-refractivity contribution in [3.05, 3.63) is 54.1 Å². The van der Waals surface area contributed by atoms with E-state index in [0.717, 1.165) is 22.4 Å². The van der Waals surface area contributed by atoms with Gasteiger partial charge in [-0.05, 0) is 43.3 Å². The van der Waals surface area contributed by atoms with Gasteiger partial charge in [-0.15, -0.1) is 0 Å². The van der Waals surface area contributed by atoms with Gasteiger partial charge in [0.2, 0.25) is 0 Å². The number of likely N-dealkylation sites (N-methyl/N-ethyl adjacent to an activating group) is 2. The summed E-state index contributed by atoms with van der Waals surface area (Å²) in [5.41, 5.74) is 2.64. The van der Waals surface area contributed by atoms with E-state index in [2.05, 4.69) is 10.3 Å². The lowest BCUT2D eigenvalue weighted by atomic mass is 10.1. The van der Waals surface area contributed by atoms with E-state index in [1.54, 1.807) is 7.05 Å². The predicted molar refractivity (Wildman–Crippen MR) is 108 cm³/mol. The first kappa shape index (κ1) is 19.7. The van der Waals surface area contributed by atoms with Crippen molar-refractivity contribution in [1.29, 1.82) is 0 Å². The van der Waals surface area contributed by atoms with E-state index >= 15 is 0 Å². The molecule has 0 fully saturated rings. The highest BCUT2D eigenvalue weighted by Gasteiger charge is 2.17. The summed E-state index contributed by atoms with van der Waals surface area (Å²) in [5.74, 6) is 0.499. The molecule has 0 amide bonds. The molecule has 0 saturated carbocycles. The zero-order valence-corrected chi connectivity index (χ0v) is 16.3. The summed E-state index contributed by atoms with van der Waals surface area (Å²) in [7, 11) is 5.05. The largest absolute Gasteiger partial charge is 0.492 e. The third-order valence-electron chi connectivity index (χ3n) is 4.50. The lowest BCUT2D eigenvalue weighted by Crippen LogP contribution is -2.36. The first-order valence-corrected chi connectivity index (χ1v) is 9.14. The number of benzene rings is 2. The molecule has 1 N–H and O–H groups in total. The Kier molecular flexibility index (Phi) is 6.49. The molecule has 28 heavy (non-hydrogen) atoms. The summed E-state index contributed by atoms with van der Waals surface area (Å²) in [6.07, 6.45) is 0.559. The minimum absolute atomic E-state index is 0.273. The standard InChI is InChI=1S/C21H25N3O4/c1-22-18(20(25)26-3)14-15-8-10-16(11-9-15)27-13-12-24(2)21-23-17-6-4-5-7-19(17)28-21/h4-11,18,22H,12-14H2,1-3H3. The quantitative estimate of drug-likeness (QED) is 0.569. The van der Waals surface area contributed by atoms with Crippen molar-refractivity contribution in [3.63, 3.8) is 0 Å². The van der Waals surface area contributed by atoms with Crippen LogP contribution in [0.1, 0.15) is 5.56 Å². The molecule has 1 unspecified atom stereocenters. The molecule has 7 nitrogen and oxygen atoms in total. The molecule has 3 aromatic rings. The third-order valence-corrected chi connectivity index (χ3v) is 4.50. The number of carbonyl (C=O) groups is 1. The number of hydrogen-bond donors (Lipinski definition) is 1. The lowest BCUT2D eigenvalue weighted by Gasteiger charge is -2.16. The van der Waals surface area contributed by atoms with Gasteiger partial charge in [0.05, 0.1) is 13.7 Å². The van der Waals surface area contributed by atoms with Crippen LogP contribution >= 0.6 is 0 Å². The van der Waals surface area contributed by atoms with E-state index in [-0.39, 0.29) is 12.0 Å². The van der Waals surface area contributed by atoms with Crippen molar-refractivity contribution in [2.24, 2.45) is 0 Å². The highest BCUT2D eigenvalue weighted by atomic mass is 16.5. The monoisotopic (exact) mass is 383 g/mol. The highest BCUT2D eigenvalue weighted by molar-refractivity contribution is 5.76. The number of fused-ring (bicyclic) bond motifs is 1. The van der Waals surface area contributed by atoms with Gasteiger partial charge in [-0.2, -0.15) is 4.98 Å². The van der Waals surface area contributed by atoms with Crippen LogP contribution in [0.25, 0.3) is 11.1 Å². The maximum absolute atomic E-state index is 11.7. The smallest absolute Gasteiger partial charge is 0.323 e. The van der Waals surface area contributed by atoms with Crippen molar-refractivity contribution in [1.82, 2.24) is 10.3 Å². The van der Waals surface area contributed by atoms with Crippen LogP contribution in [0.15, 0.2) is 52.9 Å². The maximum atomic E-state index is 11.7. The van der Waals surface area contributed by atoms with E-state index in [0.29, 0.717) is 25.6 Å². The number of carbonyl (C=O) groups excluding carboxylic acids is 1. The molecule has 1 heterocycles. The second-order valence-electron chi connectivity index (χ2n) is 6.45. The van der Waals surface area contributed by atoms with Crippen LogP contribution in [0.3, 0.4) is 0 Å². The molecular formula is C21H25N3O4. The van der Waals surface area contributed by atoms with Crippen LogP contribution in [0.5, 0.6) is 5.75 Å². The number of aromatic nitrogens is 1. The van der Waals surface area contributed by atoms with Gasteiger partial charge >= 0.3 is 5.97 Å². The van der Waals surface area contributed by atoms with E-state index in [1.165, 1.54) is 7.11 Å². The molecule has 0 spiro atoms. The van der Waals surface area contributed by atoms with E-state index in [1.807, 2.05) is 60.5 Å². The van der Waals surface area contributed by atoms with Gasteiger partial charge in [0.1, 0.15) is 23.9 Å². The Labute approximate surface area is 164 Å². The summed E-state index contributed by atoms with van der Waals surface area (Å²) in [6.45, 7) is 1.13. The fourth-order valence-corrected chi connectivity index (χ4v) is 2.82. The van der Waals surface area contributed by atoms with Crippen LogP contribution in [0.2, 0.25) is 0 Å². The Morgan fingerprint density at radius 2 is 1.96 bits per heavy atom. The first-order valence-electron chi connectivity index (χ1n) is 9.14. The van der Waals surface area contributed by atoms with E-state index < -0.39 is 0 Å². The van der Waals surface area contributed by atoms with Crippen LogP contribution in [0, 0.1) is 0 Å². The molecule has 148 valence electrons. The molecule has 1 atom stereocenters. The molecule has 0 aliphatic heterocycles. The predicted octanol–water partition coefficient (Wildman–Crippen LogP) is 2.65. The first-order chi connectivity index (χ1) is 13.6. The normalized spacial score (nSPS) is 12.0. The summed E-state index contributed by atoms with van der Waals surface area (Å²) >= 11 is 0. The summed E-state index contributed by atoms with van der Waals surface area (Å²) < 4.78 is 16.3. The number of nitrogens with zero attached hydrogens (tertiary/aromatic N) is 2. The van der Waals surface area contributed by atoms with Crippen molar-refractivity contribution in [2.45, 2.75) is 12.5 Å². The van der Waals surface area contributed by atoms with Gasteiger partial charge in [0.25, 0.3) is 6.01 Å². The highest BCUT2D eigenvalue weighted by Crippen LogP contribution is 2.20. The Bertz CT molecular complexity index is 874. The molecule has 2 aromatic carbocycles. The summed E-state index contributed by atoms with van der Waals surface area (Å²) in [6, 6.07) is 15.6. The van der Waals surface area contributed by atoms with Crippen molar-refractivity contribution in [3.8, 4) is 5.75 Å². The van der Waals surface area contributed by atoms with Crippen LogP contribution < -0.4 is 15.0 Å². The summed E-state index contributed by atoms with van der Waals surface area (Å²) in [4.78, 5) is 18.1. The molecule has 0 saturated heterocycles. The van der Waals surface area contributed by atoms with Crippen molar-refractivity contribution < 1.29 is 18.7 Å². The number of anilines is 1. The summed E-state index contributed by atoms with van der Waals surface area (Å²) in [5, 5.41) is 2.96. The number of nitrogens with one attached hydrogen (secondary N) is 1. The molecular weight excluding hydrogens is 358 g/mol. The van der Waals surface area contributed by atoms with E-state index in [9.17, 15) is 4.79 Å². The SMILES string of the molecule is CNC(Cc1ccc(OCCN(C)c2nc3ccccc3o2)cc1)C(=O)OC. The molecule has 0 radical (unpaired) electrons. The van der Waals surface area contributed by atoms with Gasteiger partial charge in [0.15, 0.2) is 5.58 Å². The number of ether oxygens (including phenoxy) is 2. The number of rotatable bonds is 9. The van der Waals surface area contributed by atoms with Crippen LogP contribution in [0.4, 0.5) is 6.01 Å². The Morgan fingerprint density at radius 3 is 2.64 bits per heavy atom. The molecule has 3 rings (SSSR count). The fraction of sp³-hybridized carbons (Fsp3) is 0.333. The van der Waals surface area contributed by atoms with Gasteiger partial charge in [0, 0.05) is 7.05 Å². The lowest BCUT2D eigenvalue weighted by molar-refractivity contribution is -0.142. The second-order valence-corrected chi connectivity index (χ2v) is 6.45. The average molecular weight is 383 g/mol. The number of methoxy groups -OCH3 is 1. The molecule has 0 aliphatic carbocycles. The van der Waals surface area contributed by atoms with E-state index in [4.69, 9.17) is 13.9 Å². The van der Waals surface area contributed by atoms with Gasteiger partial charge < -0.3 is 24.1 Å². The van der Waals surface area contributed by atoms with Crippen molar-refractivity contribution in [2.75, 3.05) is 39.3 Å². The minimum atomic E-state index is -0.360. The minimum Gasteiger partial charge on any atom is -0.492 e. The Balaban J connectivity index is 1.50. The topological polar surface area (TPSA) is 76.8 Å². The number of oxazole rings is 1. The number of para-hydroxylation sites is 2. The maximum Gasteiger partial charge on any atom is 0.323 e. The van der Waals surface area contributed by atoms with Gasteiger partial charge in [-0.1, -0.05) is 24.3 Å². The third kappa shape index (κ3) is 4.80. The molecule has 0 bridgehead atoms. The van der Waals surface area contributed by atoms with Gasteiger partial charge in [-0.25, -0.2) is 0 Å². The Morgan fingerprint density at radius 1 is 1.21 bits per heavy atom. The number of esters is 1. The number of hydrogen-bond acceptors (Lipinski definition) is 7. The zero-order valence-electron chi connectivity index (χ0n) is 16.3. The average Bonchev–Trinajstić information content (AvgIpc) is 3.17. The molecule has 7 heteroatoms. The molecule has 0 aliphatic rings. The van der Waals surface area contributed by atoms with Crippen LogP contribution in [-0.2, 0) is 16.0 Å². The van der Waals surface area contributed by atoms with Gasteiger partial charge in [-0.3, -0.25) is 4.79 Å². The Hall–Kier alpha value is -3.06. The zero-order chi connectivity index (χ0) is 19.9. The van der Waals surface area contributed by atoms with Crippen LogP contribution in [-0.4, -0.2) is 51.4 Å². The molecule has 1 aromatic heterocycles.